The topological polar surface area (TPSA) is 67.2 Å². The third-order valence-corrected chi connectivity index (χ3v) is 7.68. The number of amides is 2. The van der Waals surface area contributed by atoms with Crippen LogP contribution < -0.4 is 10.2 Å². The van der Waals surface area contributed by atoms with Gasteiger partial charge in [-0.15, -0.1) is 11.8 Å². The summed E-state index contributed by atoms with van der Waals surface area (Å²) >= 11 is 1.38. The second-order valence-electron chi connectivity index (χ2n) is 10.6. The number of rotatable bonds is 6. The standard InChI is InChI=1S/C29H35FN4O2S/c1-7-14-31-23(35)16-33-24(36)17-37-26(20-10-8-9-11-21(20)30)25-27(29(4,5)6)32-34(28(25)33)22-13-12-18(2)15-19(22)3/h8-13,15,26H,7,14,16-17H2,1-6H3,(H,31,35)/t26-/m1/s1. The van der Waals surface area contributed by atoms with Gasteiger partial charge in [0.05, 0.1) is 22.4 Å². The molecular weight excluding hydrogens is 487 g/mol. The van der Waals surface area contributed by atoms with Crippen molar-refractivity contribution >= 4 is 29.4 Å². The molecule has 0 radical (unpaired) electrons. The van der Waals surface area contributed by atoms with Gasteiger partial charge in [-0.05, 0) is 38.0 Å². The van der Waals surface area contributed by atoms with Gasteiger partial charge < -0.3 is 5.32 Å². The van der Waals surface area contributed by atoms with Crippen LogP contribution in [0.5, 0.6) is 0 Å². The molecule has 2 heterocycles. The highest BCUT2D eigenvalue weighted by Gasteiger charge is 2.40. The molecule has 4 rings (SSSR count). The van der Waals surface area contributed by atoms with Crippen LogP contribution in [-0.4, -0.2) is 40.4 Å². The Balaban J connectivity index is 2.04. The molecule has 196 valence electrons. The summed E-state index contributed by atoms with van der Waals surface area (Å²) in [5.41, 5.74) is 4.58. The maximum absolute atomic E-state index is 15.2. The second-order valence-corrected chi connectivity index (χ2v) is 11.7. The Kier molecular flexibility index (Phi) is 7.78. The van der Waals surface area contributed by atoms with Crippen LogP contribution in [0, 0.1) is 19.7 Å². The Morgan fingerprint density at radius 3 is 2.57 bits per heavy atom. The summed E-state index contributed by atoms with van der Waals surface area (Å²) < 4.78 is 17.0. The fraction of sp³-hybridized carbons (Fsp3) is 0.414. The Labute approximate surface area is 222 Å². The smallest absolute Gasteiger partial charge is 0.240 e. The van der Waals surface area contributed by atoms with Gasteiger partial charge in [0.2, 0.25) is 11.8 Å². The van der Waals surface area contributed by atoms with E-state index >= 15 is 4.39 Å². The van der Waals surface area contributed by atoms with Crippen molar-refractivity contribution in [1.29, 1.82) is 0 Å². The highest BCUT2D eigenvalue weighted by atomic mass is 32.2. The number of halogens is 1. The van der Waals surface area contributed by atoms with E-state index in [2.05, 4.69) is 32.2 Å². The van der Waals surface area contributed by atoms with Crippen LogP contribution in [0.3, 0.4) is 0 Å². The van der Waals surface area contributed by atoms with Gasteiger partial charge >= 0.3 is 0 Å². The zero-order valence-corrected chi connectivity index (χ0v) is 23.2. The van der Waals surface area contributed by atoms with E-state index in [0.717, 1.165) is 34.5 Å². The number of fused-ring (bicyclic) bond motifs is 1. The molecule has 1 aliphatic rings. The lowest BCUT2D eigenvalue weighted by Crippen LogP contribution is -2.42. The Bertz CT molecular complexity index is 1330. The van der Waals surface area contributed by atoms with E-state index in [1.807, 2.05) is 39.0 Å². The molecule has 1 aromatic heterocycles. The summed E-state index contributed by atoms with van der Waals surface area (Å²) in [4.78, 5) is 28.1. The zero-order chi connectivity index (χ0) is 26.9. The number of hydrogen-bond acceptors (Lipinski definition) is 4. The molecule has 1 aliphatic heterocycles. The number of hydrogen-bond donors (Lipinski definition) is 1. The van der Waals surface area contributed by atoms with E-state index in [4.69, 9.17) is 5.10 Å². The summed E-state index contributed by atoms with van der Waals surface area (Å²) in [5, 5.41) is 7.51. The van der Waals surface area contributed by atoms with Crippen LogP contribution in [-0.2, 0) is 15.0 Å². The first kappa shape index (κ1) is 26.9. The van der Waals surface area contributed by atoms with Gasteiger partial charge in [-0.3, -0.25) is 14.5 Å². The normalized spacial score (nSPS) is 15.9. The van der Waals surface area contributed by atoms with Gasteiger partial charge in [0.15, 0.2) is 0 Å². The molecular formula is C29H35FN4O2S. The van der Waals surface area contributed by atoms with Gasteiger partial charge in [-0.1, -0.05) is 63.6 Å². The number of thioether (sulfide) groups is 1. The second kappa shape index (κ2) is 10.7. The van der Waals surface area contributed by atoms with E-state index in [9.17, 15) is 9.59 Å². The quantitative estimate of drug-likeness (QED) is 0.456. The van der Waals surface area contributed by atoms with Gasteiger partial charge in [0, 0.05) is 23.1 Å². The molecule has 0 saturated heterocycles. The molecule has 2 aromatic carbocycles. The number of anilines is 1. The van der Waals surface area contributed by atoms with Gasteiger partial charge in [-0.2, -0.15) is 5.10 Å². The van der Waals surface area contributed by atoms with Crippen molar-refractivity contribution in [2.75, 3.05) is 23.7 Å². The monoisotopic (exact) mass is 522 g/mol. The maximum Gasteiger partial charge on any atom is 0.240 e. The largest absolute Gasteiger partial charge is 0.355 e. The average molecular weight is 523 g/mol. The minimum atomic E-state index is -0.461. The highest BCUT2D eigenvalue weighted by molar-refractivity contribution is 8.00. The lowest BCUT2D eigenvalue weighted by atomic mass is 9.87. The molecule has 3 aromatic rings. The summed E-state index contributed by atoms with van der Waals surface area (Å²) in [6, 6.07) is 12.8. The van der Waals surface area contributed by atoms with Crippen molar-refractivity contribution in [1.82, 2.24) is 15.1 Å². The fourth-order valence-electron chi connectivity index (χ4n) is 4.68. The third-order valence-electron chi connectivity index (χ3n) is 6.44. The van der Waals surface area contributed by atoms with Crippen LogP contribution >= 0.6 is 11.8 Å². The van der Waals surface area contributed by atoms with Crippen LogP contribution in [0.2, 0.25) is 0 Å². The summed E-state index contributed by atoms with van der Waals surface area (Å²) in [5.74, 6) is -0.117. The molecule has 0 bridgehead atoms. The predicted octanol–water partition coefficient (Wildman–Crippen LogP) is 5.62. The van der Waals surface area contributed by atoms with Crippen molar-refractivity contribution in [3.63, 3.8) is 0 Å². The van der Waals surface area contributed by atoms with Crippen molar-refractivity contribution in [3.05, 3.63) is 76.2 Å². The molecule has 0 spiro atoms. The van der Waals surface area contributed by atoms with Crippen LogP contribution in [0.4, 0.5) is 10.2 Å². The minimum Gasteiger partial charge on any atom is -0.355 e. The maximum atomic E-state index is 15.2. The Hall–Kier alpha value is -3.13. The number of nitrogens with one attached hydrogen (secondary N) is 1. The van der Waals surface area contributed by atoms with Gasteiger partial charge in [0.25, 0.3) is 0 Å². The van der Waals surface area contributed by atoms with E-state index in [0.29, 0.717) is 17.9 Å². The molecule has 37 heavy (non-hydrogen) atoms. The molecule has 0 aliphatic carbocycles. The van der Waals surface area contributed by atoms with Crippen molar-refractivity contribution in [2.24, 2.45) is 0 Å². The van der Waals surface area contributed by atoms with Crippen LogP contribution in [0.1, 0.15) is 67.3 Å². The first-order valence-corrected chi connectivity index (χ1v) is 13.7. The first-order chi connectivity index (χ1) is 17.5. The van der Waals surface area contributed by atoms with Gasteiger partial charge in [0.1, 0.15) is 18.2 Å². The Morgan fingerprint density at radius 2 is 1.92 bits per heavy atom. The van der Waals surface area contributed by atoms with Crippen molar-refractivity contribution in [2.45, 2.75) is 58.6 Å². The van der Waals surface area contributed by atoms with Crippen LogP contribution in [0.25, 0.3) is 5.69 Å². The van der Waals surface area contributed by atoms with E-state index in [1.165, 1.54) is 22.7 Å². The SMILES string of the molecule is CCCNC(=O)CN1C(=O)CS[C@H](c2ccccc2F)c2c(C(C)(C)C)nn(-c3ccc(C)cc3C)c21. The molecule has 1 atom stereocenters. The highest BCUT2D eigenvalue weighted by Crippen LogP contribution is 2.49. The number of aryl methyl sites for hydroxylation is 2. The number of carbonyl (C=O) groups is 2. The van der Waals surface area contributed by atoms with Crippen molar-refractivity contribution < 1.29 is 14.0 Å². The van der Waals surface area contributed by atoms with E-state index in [1.54, 1.807) is 16.8 Å². The number of carbonyl (C=O) groups excluding carboxylic acids is 2. The summed E-state index contributed by atoms with van der Waals surface area (Å²) in [7, 11) is 0. The van der Waals surface area contributed by atoms with Gasteiger partial charge in [-0.25, -0.2) is 9.07 Å². The summed E-state index contributed by atoms with van der Waals surface area (Å²) in [6.07, 6.45) is 0.796. The molecule has 0 fully saturated rings. The number of aromatic nitrogens is 2. The van der Waals surface area contributed by atoms with E-state index < -0.39 is 10.7 Å². The third kappa shape index (κ3) is 5.44. The average Bonchev–Trinajstić information content (AvgIpc) is 3.16. The lowest BCUT2D eigenvalue weighted by molar-refractivity contribution is -0.122. The number of nitrogens with zero attached hydrogens (tertiary/aromatic N) is 3. The molecule has 6 nitrogen and oxygen atoms in total. The Morgan fingerprint density at radius 1 is 1.19 bits per heavy atom. The molecule has 8 heteroatoms. The number of benzene rings is 2. The lowest BCUT2D eigenvalue weighted by Gasteiger charge is -2.25. The van der Waals surface area contributed by atoms with Crippen LogP contribution in [0.15, 0.2) is 42.5 Å². The van der Waals surface area contributed by atoms with Crippen molar-refractivity contribution in [3.8, 4) is 5.69 Å². The zero-order valence-electron chi connectivity index (χ0n) is 22.4. The summed E-state index contributed by atoms with van der Waals surface area (Å²) in [6.45, 7) is 12.6. The molecule has 0 unspecified atom stereocenters. The predicted molar refractivity (Wildman–Crippen MR) is 148 cm³/mol. The molecule has 2 amide bonds. The van der Waals surface area contributed by atoms with E-state index in [-0.39, 0.29) is 29.9 Å². The fourth-order valence-corrected chi connectivity index (χ4v) is 5.90. The first-order valence-electron chi connectivity index (χ1n) is 12.7. The molecule has 1 N–H and O–H groups in total. The molecule has 0 saturated carbocycles. The minimum absolute atomic E-state index is 0.116.